The molecule has 0 saturated heterocycles. The van der Waals surface area contributed by atoms with E-state index in [1.165, 1.54) is 18.3 Å². The maximum absolute atomic E-state index is 13.1. The summed E-state index contributed by atoms with van der Waals surface area (Å²) in [5.41, 5.74) is 5.92. The van der Waals surface area contributed by atoms with Crippen LogP contribution in [0.4, 0.5) is 0 Å². The third-order valence-electron chi connectivity index (χ3n) is 5.76. The Labute approximate surface area is 223 Å². The molecule has 0 unspecified atom stereocenters. The number of rotatable bonds is 11. The van der Waals surface area contributed by atoms with Crippen molar-refractivity contribution in [3.63, 3.8) is 0 Å². The van der Waals surface area contributed by atoms with E-state index in [9.17, 15) is 13.2 Å². The fraction of sp³-hybridized carbons (Fsp3) is 0.133. The number of hydrogen-bond donors (Lipinski definition) is 2. The minimum Gasteiger partial charge on any atom is -0.488 e. The number of ether oxygens (including phenoxy) is 1. The lowest BCUT2D eigenvalue weighted by molar-refractivity contribution is -0.122. The summed E-state index contributed by atoms with van der Waals surface area (Å²) in [4.78, 5) is 13.2. The molecule has 194 valence electrons. The predicted molar refractivity (Wildman–Crippen MR) is 148 cm³/mol. The van der Waals surface area contributed by atoms with Crippen molar-refractivity contribution in [2.45, 2.75) is 30.9 Å². The number of carbonyl (C=O) groups is 1. The van der Waals surface area contributed by atoms with Crippen LogP contribution in [0.5, 0.6) is 5.75 Å². The molecule has 7 nitrogen and oxygen atoms in total. The highest BCUT2D eigenvalue weighted by atomic mass is 32.2. The van der Waals surface area contributed by atoms with Gasteiger partial charge < -0.3 is 4.74 Å². The monoisotopic (exact) mass is 527 g/mol. The number of hydrogen-bond acceptors (Lipinski definition) is 5. The largest absolute Gasteiger partial charge is 0.488 e. The van der Waals surface area contributed by atoms with Crippen molar-refractivity contribution in [2.24, 2.45) is 5.10 Å². The van der Waals surface area contributed by atoms with E-state index in [0.717, 1.165) is 16.7 Å². The third kappa shape index (κ3) is 7.61. The zero-order valence-electron chi connectivity index (χ0n) is 20.9. The molecule has 1 atom stereocenters. The van der Waals surface area contributed by atoms with E-state index < -0.39 is 22.0 Å². The number of benzene rings is 4. The van der Waals surface area contributed by atoms with E-state index >= 15 is 0 Å². The molecular weight excluding hydrogens is 498 g/mol. The Hall–Kier alpha value is -4.27. The zero-order chi connectivity index (χ0) is 26.8. The number of carbonyl (C=O) groups excluding carboxylic acids is 1. The maximum atomic E-state index is 13.1. The van der Waals surface area contributed by atoms with Gasteiger partial charge in [-0.05, 0) is 48.7 Å². The van der Waals surface area contributed by atoms with Crippen LogP contribution in [0.2, 0.25) is 0 Å². The highest BCUT2D eigenvalue weighted by molar-refractivity contribution is 7.89. The van der Waals surface area contributed by atoms with Crippen LogP contribution in [0.15, 0.2) is 119 Å². The molecule has 8 heteroatoms. The van der Waals surface area contributed by atoms with Crippen LogP contribution in [0.3, 0.4) is 0 Å². The molecule has 1 amide bonds. The first kappa shape index (κ1) is 26.8. The highest BCUT2D eigenvalue weighted by Crippen LogP contribution is 2.18. The van der Waals surface area contributed by atoms with Gasteiger partial charge in [-0.3, -0.25) is 4.79 Å². The Balaban J connectivity index is 1.47. The van der Waals surface area contributed by atoms with Crippen LogP contribution in [0.25, 0.3) is 0 Å². The highest BCUT2D eigenvalue weighted by Gasteiger charge is 2.26. The van der Waals surface area contributed by atoms with Gasteiger partial charge in [0.05, 0.1) is 11.1 Å². The van der Waals surface area contributed by atoms with Crippen molar-refractivity contribution in [1.29, 1.82) is 0 Å². The Morgan fingerprint density at radius 2 is 1.45 bits per heavy atom. The summed E-state index contributed by atoms with van der Waals surface area (Å²) in [5.74, 6) is 0.0266. The normalized spacial score (nSPS) is 12.2. The van der Waals surface area contributed by atoms with Gasteiger partial charge in [-0.25, -0.2) is 13.8 Å². The van der Waals surface area contributed by atoms with Crippen molar-refractivity contribution in [2.75, 3.05) is 0 Å². The van der Waals surface area contributed by atoms with Crippen LogP contribution < -0.4 is 14.9 Å². The van der Waals surface area contributed by atoms with Gasteiger partial charge in [0.1, 0.15) is 18.4 Å². The number of amides is 1. The minimum atomic E-state index is -3.94. The summed E-state index contributed by atoms with van der Waals surface area (Å²) >= 11 is 0. The van der Waals surface area contributed by atoms with E-state index in [1.54, 1.807) is 12.1 Å². The molecule has 0 aliphatic carbocycles. The van der Waals surface area contributed by atoms with Crippen molar-refractivity contribution in [3.05, 3.63) is 131 Å². The standard InChI is InChI=1S/C30H29N3O4S/c1-23-16-18-27(19-17-23)38(35,36)33-28(20-24-10-4-2-5-11-24)30(34)32-31-21-26-14-8-9-15-29(26)37-22-25-12-6-3-7-13-25/h2-19,21,28,33H,20,22H2,1H3,(H,32,34)/b31-21-/t28-/m1/s1. The lowest BCUT2D eigenvalue weighted by Gasteiger charge is -2.17. The van der Waals surface area contributed by atoms with Gasteiger partial charge in [0.15, 0.2) is 0 Å². The number of hydrazone groups is 1. The van der Waals surface area contributed by atoms with E-state index in [2.05, 4.69) is 15.2 Å². The van der Waals surface area contributed by atoms with Gasteiger partial charge in [-0.1, -0.05) is 90.5 Å². The average Bonchev–Trinajstić information content (AvgIpc) is 2.93. The molecule has 4 rings (SSSR count). The van der Waals surface area contributed by atoms with Gasteiger partial charge >= 0.3 is 0 Å². The Morgan fingerprint density at radius 1 is 0.842 bits per heavy atom. The van der Waals surface area contributed by atoms with Gasteiger partial charge in [-0.2, -0.15) is 9.82 Å². The molecule has 38 heavy (non-hydrogen) atoms. The third-order valence-corrected chi connectivity index (χ3v) is 7.25. The number of aryl methyl sites for hydroxylation is 1. The number of para-hydroxylation sites is 1. The van der Waals surface area contributed by atoms with Crippen molar-refractivity contribution < 1.29 is 17.9 Å². The quantitative estimate of drug-likeness (QED) is 0.220. The summed E-state index contributed by atoms with van der Waals surface area (Å²) in [6.45, 7) is 2.26. The SMILES string of the molecule is Cc1ccc(S(=O)(=O)N[C@H](Cc2ccccc2)C(=O)N/N=C\c2ccccc2OCc2ccccc2)cc1. The maximum Gasteiger partial charge on any atom is 0.258 e. The lowest BCUT2D eigenvalue weighted by atomic mass is 10.1. The average molecular weight is 528 g/mol. The molecule has 4 aromatic carbocycles. The van der Waals surface area contributed by atoms with Crippen LogP contribution >= 0.6 is 0 Å². The van der Waals surface area contributed by atoms with Crippen molar-refractivity contribution in [1.82, 2.24) is 10.1 Å². The molecule has 0 aliphatic heterocycles. The number of nitrogens with one attached hydrogen (secondary N) is 2. The van der Waals surface area contributed by atoms with Crippen LogP contribution in [-0.2, 0) is 27.8 Å². The van der Waals surface area contributed by atoms with Crippen molar-refractivity contribution in [3.8, 4) is 5.75 Å². The summed E-state index contributed by atoms with van der Waals surface area (Å²) in [6.07, 6.45) is 1.64. The molecule has 0 bridgehead atoms. The zero-order valence-corrected chi connectivity index (χ0v) is 21.8. The van der Waals surface area contributed by atoms with Gasteiger partial charge in [0.25, 0.3) is 5.91 Å². The second-order valence-electron chi connectivity index (χ2n) is 8.72. The second-order valence-corrected chi connectivity index (χ2v) is 10.4. The fourth-order valence-electron chi connectivity index (χ4n) is 3.71. The molecule has 0 aromatic heterocycles. The molecule has 4 aromatic rings. The molecule has 0 radical (unpaired) electrons. The van der Waals surface area contributed by atoms with E-state index in [1.807, 2.05) is 91.9 Å². The van der Waals surface area contributed by atoms with E-state index in [4.69, 9.17) is 4.74 Å². The van der Waals surface area contributed by atoms with Crippen LogP contribution in [0.1, 0.15) is 22.3 Å². The summed E-state index contributed by atoms with van der Waals surface area (Å²) in [5, 5.41) is 4.09. The Kier molecular flexibility index (Phi) is 9.02. The number of nitrogens with zero attached hydrogens (tertiary/aromatic N) is 1. The van der Waals surface area contributed by atoms with E-state index in [-0.39, 0.29) is 11.3 Å². The van der Waals surface area contributed by atoms with Crippen molar-refractivity contribution >= 4 is 22.1 Å². The minimum absolute atomic E-state index is 0.0851. The second kappa shape index (κ2) is 12.8. The number of sulfonamides is 1. The first-order valence-corrected chi connectivity index (χ1v) is 13.6. The van der Waals surface area contributed by atoms with Gasteiger partial charge in [0.2, 0.25) is 10.0 Å². The molecular formula is C30H29N3O4S. The molecule has 0 spiro atoms. The molecule has 0 saturated carbocycles. The Bertz CT molecular complexity index is 1470. The molecule has 2 N–H and O–H groups in total. The summed E-state index contributed by atoms with van der Waals surface area (Å²) in [7, 11) is -3.94. The summed E-state index contributed by atoms with van der Waals surface area (Å²) in [6, 6.07) is 31.7. The fourth-order valence-corrected chi connectivity index (χ4v) is 4.90. The summed E-state index contributed by atoms with van der Waals surface area (Å²) < 4.78 is 34.5. The van der Waals surface area contributed by atoms with Gasteiger partial charge in [-0.15, -0.1) is 0 Å². The molecule has 0 aliphatic rings. The van der Waals surface area contributed by atoms with Crippen LogP contribution in [-0.4, -0.2) is 26.6 Å². The van der Waals surface area contributed by atoms with Gasteiger partial charge in [0, 0.05) is 5.56 Å². The first-order valence-electron chi connectivity index (χ1n) is 12.1. The predicted octanol–water partition coefficient (Wildman–Crippen LogP) is 4.61. The molecule has 0 fully saturated rings. The first-order chi connectivity index (χ1) is 18.4. The topological polar surface area (TPSA) is 96.9 Å². The van der Waals surface area contributed by atoms with E-state index in [0.29, 0.717) is 17.9 Å². The van der Waals surface area contributed by atoms with Crippen LogP contribution in [0, 0.1) is 6.92 Å². The molecule has 0 heterocycles. The lowest BCUT2D eigenvalue weighted by Crippen LogP contribution is -2.46. The smallest absolute Gasteiger partial charge is 0.258 e. The Morgan fingerprint density at radius 3 is 2.13 bits per heavy atom.